The van der Waals surface area contributed by atoms with Crippen molar-refractivity contribution in [1.29, 1.82) is 0 Å². The van der Waals surface area contributed by atoms with Crippen molar-refractivity contribution in [1.82, 2.24) is 20.2 Å². The Balaban J connectivity index is 2.13. The Hall–Kier alpha value is -1.85. The average molecular weight is 334 g/mol. The first kappa shape index (κ1) is 18.5. The third-order valence-electron chi connectivity index (χ3n) is 4.36. The molecule has 2 heterocycles. The van der Waals surface area contributed by atoms with Gasteiger partial charge in [-0.3, -0.25) is 9.59 Å². The fourth-order valence-corrected chi connectivity index (χ4v) is 2.91. The van der Waals surface area contributed by atoms with Gasteiger partial charge in [0.1, 0.15) is 5.69 Å². The molecule has 0 saturated heterocycles. The van der Waals surface area contributed by atoms with Gasteiger partial charge in [-0.1, -0.05) is 27.2 Å². The lowest BCUT2D eigenvalue weighted by molar-refractivity contribution is 0.0936. The van der Waals surface area contributed by atoms with Gasteiger partial charge in [-0.2, -0.15) is 0 Å². The maximum Gasteiger partial charge on any atom is 0.287 e. The summed E-state index contributed by atoms with van der Waals surface area (Å²) in [4.78, 5) is 29.3. The molecular formula is C18H30N4O2. The molecule has 1 aliphatic heterocycles. The van der Waals surface area contributed by atoms with E-state index in [-0.39, 0.29) is 11.8 Å². The van der Waals surface area contributed by atoms with Crippen LogP contribution >= 0.6 is 0 Å². The SMILES string of the molecule is CCCCNC(=O)c1nc(C(=O)NCCC(C)C)n2c1CCCC2. The molecule has 0 spiro atoms. The van der Waals surface area contributed by atoms with E-state index in [0.717, 1.165) is 50.8 Å². The number of unbranched alkanes of at least 4 members (excludes halogenated alkanes) is 1. The second kappa shape index (κ2) is 8.85. The van der Waals surface area contributed by atoms with Gasteiger partial charge in [0.2, 0.25) is 0 Å². The van der Waals surface area contributed by atoms with E-state index >= 15 is 0 Å². The lowest BCUT2D eigenvalue weighted by atomic mass is 10.1. The molecule has 0 bridgehead atoms. The molecule has 0 radical (unpaired) electrons. The lowest BCUT2D eigenvalue weighted by Gasteiger charge is -2.17. The van der Waals surface area contributed by atoms with E-state index in [0.29, 0.717) is 30.5 Å². The zero-order chi connectivity index (χ0) is 17.5. The predicted molar refractivity (Wildman–Crippen MR) is 94.2 cm³/mol. The van der Waals surface area contributed by atoms with E-state index in [4.69, 9.17) is 0 Å². The number of rotatable bonds is 8. The number of carbonyl (C=O) groups excluding carboxylic acids is 2. The summed E-state index contributed by atoms with van der Waals surface area (Å²) >= 11 is 0. The van der Waals surface area contributed by atoms with Crippen LogP contribution in [0.25, 0.3) is 0 Å². The summed E-state index contributed by atoms with van der Waals surface area (Å²) in [6.07, 6.45) is 5.78. The first-order valence-electron chi connectivity index (χ1n) is 9.20. The van der Waals surface area contributed by atoms with Gasteiger partial charge in [-0.25, -0.2) is 4.98 Å². The third kappa shape index (κ3) is 4.58. The number of imidazole rings is 1. The van der Waals surface area contributed by atoms with E-state index in [1.54, 1.807) is 0 Å². The highest BCUT2D eigenvalue weighted by atomic mass is 16.2. The number of fused-ring (bicyclic) bond motifs is 1. The van der Waals surface area contributed by atoms with Crippen molar-refractivity contribution in [3.63, 3.8) is 0 Å². The number of hydrogen-bond acceptors (Lipinski definition) is 3. The van der Waals surface area contributed by atoms with Crippen LogP contribution in [0.3, 0.4) is 0 Å². The number of aromatic nitrogens is 2. The van der Waals surface area contributed by atoms with Crippen molar-refractivity contribution in [3.8, 4) is 0 Å². The molecule has 0 atom stereocenters. The van der Waals surface area contributed by atoms with Gasteiger partial charge in [0.05, 0.1) is 5.69 Å². The van der Waals surface area contributed by atoms with Crippen LogP contribution in [-0.4, -0.2) is 34.5 Å². The molecule has 0 fully saturated rings. The zero-order valence-corrected chi connectivity index (χ0v) is 15.2. The lowest BCUT2D eigenvalue weighted by Crippen LogP contribution is -2.29. The average Bonchev–Trinajstić information content (AvgIpc) is 2.94. The molecule has 24 heavy (non-hydrogen) atoms. The predicted octanol–water partition coefficient (Wildman–Crippen LogP) is 2.53. The first-order valence-corrected chi connectivity index (χ1v) is 9.20. The van der Waals surface area contributed by atoms with Gasteiger partial charge in [-0.15, -0.1) is 0 Å². The van der Waals surface area contributed by atoms with E-state index < -0.39 is 0 Å². The maximum atomic E-state index is 12.5. The van der Waals surface area contributed by atoms with E-state index in [1.807, 2.05) is 4.57 Å². The van der Waals surface area contributed by atoms with Crippen molar-refractivity contribution < 1.29 is 9.59 Å². The molecule has 0 aliphatic carbocycles. The molecule has 1 aromatic rings. The molecule has 0 aromatic carbocycles. The van der Waals surface area contributed by atoms with Crippen molar-refractivity contribution in [2.24, 2.45) is 5.92 Å². The molecule has 1 aromatic heterocycles. The molecule has 1 aliphatic rings. The van der Waals surface area contributed by atoms with Gasteiger partial charge in [-0.05, 0) is 38.0 Å². The summed E-state index contributed by atoms with van der Waals surface area (Å²) in [5.74, 6) is 0.593. The minimum Gasteiger partial charge on any atom is -0.351 e. The molecule has 6 nitrogen and oxygen atoms in total. The molecule has 6 heteroatoms. The van der Waals surface area contributed by atoms with E-state index in [2.05, 4.69) is 36.4 Å². The molecule has 2 amide bonds. The normalized spacial score (nSPS) is 13.7. The van der Waals surface area contributed by atoms with Crippen LogP contribution < -0.4 is 10.6 Å². The van der Waals surface area contributed by atoms with Crippen molar-refractivity contribution in [2.45, 2.75) is 65.8 Å². The van der Waals surface area contributed by atoms with Gasteiger partial charge >= 0.3 is 0 Å². The van der Waals surface area contributed by atoms with Crippen molar-refractivity contribution in [2.75, 3.05) is 13.1 Å². The fourth-order valence-electron chi connectivity index (χ4n) is 2.91. The van der Waals surface area contributed by atoms with Crippen LogP contribution in [0.4, 0.5) is 0 Å². The Morgan fingerprint density at radius 1 is 1.17 bits per heavy atom. The second-order valence-corrected chi connectivity index (χ2v) is 6.89. The number of nitrogens with zero attached hydrogens (tertiary/aromatic N) is 2. The first-order chi connectivity index (χ1) is 11.5. The maximum absolute atomic E-state index is 12.5. The van der Waals surface area contributed by atoms with E-state index in [1.165, 1.54) is 0 Å². The standard InChI is InChI=1S/C18H30N4O2/c1-4-5-10-19-17(23)15-14-8-6-7-12-22(14)16(21-15)18(24)20-11-9-13(2)3/h13H,4-12H2,1-3H3,(H,19,23)(H,20,24). The molecule has 2 rings (SSSR count). The van der Waals surface area contributed by atoms with Crippen LogP contribution in [-0.2, 0) is 13.0 Å². The van der Waals surface area contributed by atoms with Gasteiger partial charge in [0, 0.05) is 19.6 Å². The largest absolute Gasteiger partial charge is 0.351 e. The Bertz CT molecular complexity index is 578. The van der Waals surface area contributed by atoms with Crippen LogP contribution in [0.15, 0.2) is 0 Å². The summed E-state index contributed by atoms with van der Waals surface area (Å²) < 4.78 is 1.93. The number of hydrogen-bond donors (Lipinski definition) is 2. The van der Waals surface area contributed by atoms with Crippen molar-refractivity contribution >= 4 is 11.8 Å². The molecular weight excluding hydrogens is 304 g/mol. The fraction of sp³-hybridized carbons (Fsp3) is 0.722. The van der Waals surface area contributed by atoms with Crippen LogP contribution in [0.2, 0.25) is 0 Å². The van der Waals surface area contributed by atoms with Crippen molar-refractivity contribution in [3.05, 3.63) is 17.2 Å². The smallest absolute Gasteiger partial charge is 0.287 e. The summed E-state index contributed by atoms with van der Waals surface area (Å²) in [5.41, 5.74) is 1.34. The number of nitrogens with one attached hydrogen (secondary N) is 2. The quantitative estimate of drug-likeness (QED) is 0.717. The zero-order valence-electron chi connectivity index (χ0n) is 15.2. The highest BCUT2D eigenvalue weighted by Gasteiger charge is 2.27. The summed E-state index contributed by atoms with van der Waals surface area (Å²) in [5, 5.41) is 5.84. The Morgan fingerprint density at radius 3 is 2.62 bits per heavy atom. The van der Waals surface area contributed by atoms with Gasteiger partial charge in [0.25, 0.3) is 11.8 Å². The number of carbonyl (C=O) groups is 2. The highest BCUT2D eigenvalue weighted by molar-refractivity contribution is 5.97. The number of amides is 2. The van der Waals surface area contributed by atoms with Gasteiger partial charge < -0.3 is 15.2 Å². The summed E-state index contributed by atoms with van der Waals surface area (Å²) in [6.45, 7) is 8.39. The Labute approximate surface area is 144 Å². The Kier molecular flexibility index (Phi) is 6.82. The molecule has 0 unspecified atom stereocenters. The molecule has 0 saturated carbocycles. The van der Waals surface area contributed by atoms with E-state index in [9.17, 15) is 9.59 Å². The summed E-state index contributed by atoms with van der Waals surface area (Å²) in [6, 6.07) is 0. The highest BCUT2D eigenvalue weighted by Crippen LogP contribution is 2.21. The van der Waals surface area contributed by atoms with Gasteiger partial charge in [0.15, 0.2) is 5.82 Å². The molecule has 134 valence electrons. The van der Waals surface area contributed by atoms with Crippen LogP contribution in [0, 0.1) is 5.92 Å². The summed E-state index contributed by atoms with van der Waals surface area (Å²) in [7, 11) is 0. The minimum absolute atomic E-state index is 0.157. The Morgan fingerprint density at radius 2 is 1.92 bits per heavy atom. The van der Waals surface area contributed by atoms with Crippen LogP contribution in [0.5, 0.6) is 0 Å². The topological polar surface area (TPSA) is 76.0 Å². The molecule has 2 N–H and O–H groups in total. The van der Waals surface area contributed by atoms with Crippen LogP contribution in [0.1, 0.15) is 79.7 Å². The third-order valence-corrected chi connectivity index (χ3v) is 4.36. The monoisotopic (exact) mass is 334 g/mol. The minimum atomic E-state index is -0.175. The second-order valence-electron chi connectivity index (χ2n) is 6.89.